The van der Waals surface area contributed by atoms with Gasteiger partial charge in [-0.3, -0.25) is 0 Å². The Morgan fingerprint density at radius 2 is 1.93 bits per heavy atom. The van der Waals surface area contributed by atoms with E-state index < -0.39 is 20.2 Å². The summed E-state index contributed by atoms with van der Waals surface area (Å²) >= 11 is 0. The van der Waals surface area contributed by atoms with Crippen LogP contribution in [0.25, 0.3) is 0 Å². The molecule has 0 aliphatic rings. The zero-order valence-corrected chi connectivity index (χ0v) is 7.80. The number of pyridine rings is 1. The van der Waals surface area contributed by atoms with Crippen molar-refractivity contribution in [2.45, 2.75) is 10.4 Å². The van der Waals surface area contributed by atoms with Crippen LogP contribution in [0.15, 0.2) is 23.2 Å². The fraction of sp³-hybridized carbons (Fsp3) is 0.143. The maximum Gasteiger partial charge on any atom is 0.501 e. The van der Waals surface area contributed by atoms with Crippen molar-refractivity contribution in [2.75, 3.05) is 0 Å². The second-order valence-electron chi connectivity index (χ2n) is 2.44. The van der Waals surface area contributed by atoms with Gasteiger partial charge in [-0.2, -0.15) is 18.4 Å². The summed E-state index contributed by atoms with van der Waals surface area (Å²) in [5.74, 6) is 0. The largest absolute Gasteiger partial charge is 0.501 e. The SMILES string of the molecule is N#Cc1ccc(S(=O)(=O)C(F)(F)F)cn1. The molecule has 80 valence electrons. The molecule has 4 nitrogen and oxygen atoms in total. The summed E-state index contributed by atoms with van der Waals surface area (Å²) in [6.07, 6.45) is 0.501. The molecular formula is C7H3F3N2O2S. The van der Waals surface area contributed by atoms with Crippen LogP contribution in [0.2, 0.25) is 0 Å². The van der Waals surface area contributed by atoms with E-state index in [4.69, 9.17) is 5.26 Å². The van der Waals surface area contributed by atoms with E-state index in [-0.39, 0.29) is 5.69 Å². The molecule has 0 unspecified atom stereocenters. The Kier molecular flexibility index (Phi) is 2.68. The minimum Gasteiger partial charge on any atom is -0.244 e. The Balaban J connectivity index is 3.26. The van der Waals surface area contributed by atoms with E-state index in [1.54, 1.807) is 6.07 Å². The van der Waals surface area contributed by atoms with Gasteiger partial charge in [-0.05, 0) is 12.1 Å². The number of alkyl halides is 3. The predicted molar refractivity (Wildman–Crippen MR) is 42.2 cm³/mol. The molecule has 0 amide bonds. The van der Waals surface area contributed by atoms with Crippen LogP contribution in [-0.4, -0.2) is 18.9 Å². The third-order valence-corrected chi connectivity index (χ3v) is 2.94. The quantitative estimate of drug-likeness (QED) is 0.735. The Hall–Kier alpha value is -1.62. The zero-order chi connectivity index (χ0) is 11.7. The average molecular weight is 236 g/mol. The summed E-state index contributed by atoms with van der Waals surface area (Å²) in [6, 6.07) is 3.15. The molecule has 8 heteroatoms. The monoisotopic (exact) mass is 236 g/mol. The number of nitriles is 1. The first kappa shape index (κ1) is 11.5. The van der Waals surface area contributed by atoms with Gasteiger partial charge in [0.15, 0.2) is 0 Å². The van der Waals surface area contributed by atoms with Gasteiger partial charge in [0.1, 0.15) is 11.8 Å². The fourth-order valence-electron chi connectivity index (χ4n) is 0.739. The van der Waals surface area contributed by atoms with E-state index in [1.165, 1.54) is 0 Å². The molecule has 0 aliphatic carbocycles. The molecule has 0 aromatic carbocycles. The Labute approximate surface area is 82.9 Å². The van der Waals surface area contributed by atoms with Gasteiger partial charge in [0, 0.05) is 6.20 Å². The van der Waals surface area contributed by atoms with Gasteiger partial charge in [-0.25, -0.2) is 13.4 Å². The molecule has 0 saturated heterocycles. The molecular weight excluding hydrogens is 233 g/mol. The molecule has 0 atom stereocenters. The highest BCUT2D eigenvalue weighted by atomic mass is 32.2. The second kappa shape index (κ2) is 3.51. The zero-order valence-electron chi connectivity index (χ0n) is 6.99. The maximum atomic E-state index is 12.0. The summed E-state index contributed by atoms with van der Waals surface area (Å²) in [7, 11) is -5.37. The topological polar surface area (TPSA) is 70.8 Å². The summed E-state index contributed by atoms with van der Waals surface area (Å²) in [5.41, 5.74) is -5.51. The minimum atomic E-state index is -5.37. The highest BCUT2D eigenvalue weighted by molar-refractivity contribution is 7.92. The molecule has 15 heavy (non-hydrogen) atoms. The summed E-state index contributed by atoms with van der Waals surface area (Å²) in [6.45, 7) is 0. The molecule has 0 N–H and O–H groups in total. The Morgan fingerprint density at radius 3 is 2.27 bits per heavy atom. The van der Waals surface area contributed by atoms with E-state index in [0.29, 0.717) is 12.3 Å². The molecule has 0 saturated carbocycles. The van der Waals surface area contributed by atoms with Gasteiger partial charge in [0.2, 0.25) is 0 Å². The third-order valence-electron chi connectivity index (χ3n) is 1.47. The number of hydrogen-bond donors (Lipinski definition) is 0. The number of aromatic nitrogens is 1. The Morgan fingerprint density at radius 1 is 1.33 bits per heavy atom. The van der Waals surface area contributed by atoms with Crippen LogP contribution in [0.3, 0.4) is 0 Å². The van der Waals surface area contributed by atoms with Crippen LogP contribution in [-0.2, 0) is 9.84 Å². The first-order chi connectivity index (χ1) is 6.79. The van der Waals surface area contributed by atoms with Gasteiger partial charge in [-0.1, -0.05) is 0 Å². The first-order valence-corrected chi connectivity index (χ1v) is 4.95. The summed E-state index contributed by atoms with van der Waals surface area (Å²) in [5, 5.41) is 8.31. The molecule has 0 fully saturated rings. The molecule has 1 rings (SSSR count). The van der Waals surface area contributed by atoms with E-state index in [1.807, 2.05) is 0 Å². The van der Waals surface area contributed by atoms with E-state index in [2.05, 4.69) is 4.98 Å². The van der Waals surface area contributed by atoms with Crippen molar-refractivity contribution in [1.29, 1.82) is 5.26 Å². The first-order valence-electron chi connectivity index (χ1n) is 3.46. The van der Waals surface area contributed by atoms with Crippen LogP contribution in [0.5, 0.6) is 0 Å². The van der Waals surface area contributed by atoms with Crippen molar-refractivity contribution in [2.24, 2.45) is 0 Å². The summed E-state index contributed by atoms with van der Waals surface area (Å²) < 4.78 is 57.7. The number of rotatable bonds is 1. The fourth-order valence-corrected chi connectivity index (χ4v) is 1.44. The van der Waals surface area contributed by atoms with Gasteiger partial charge in [0.25, 0.3) is 9.84 Å². The van der Waals surface area contributed by atoms with Crippen molar-refractivity contribution in [3.63, 3.8) is 0 Å². The van der Waals surface area contributed by atoms with Gasteiger partial charge in [0.05, 0.1) is 4.90 Å². The van der Waals surface area contributed by atoms with Gasteiger partial charge >= 0.3 is 5.51 Å². The van der Waals surface area contributed by atoms with Crippen LogP contribution >= 0.6 is 0 Å². The number of sulfone groups is 1. The lowest BCUT2D eigenvalue weighted by Gasteiger charge is -2.06. The van der Waals surface area contributed by atoms with Crippen LogP contribution in [0.4, 0.5) is 13.2 Å². The van der Waals surface area contributed by atoms with Crippen LogP contribution < -0.4 is 0 Å². The van der Waals surface area contributed by atoms with Crippen molar-refractivity contribution in [3.05, 3.63) is 24.0 Å². The number of nitrogens with zero attached hydrogens (tertiary/aromatic N) is 2. The lowest BCUT2D eigenvalue weighted by atomic mass is 10.4. The number of halogens is 3. The van der Waals surface area contributed by atoms with Crippen molar-refractivity contribution in [3.8, 4) is 6.07 Å². The normalized spacial score (nSPS) is 12.1. The lowest BCUT2D eigenvalue weighted by Crippen LogP contribution is -2.23. The molecule has 0 aliphatic heterocycles. The smallest absolute Gasteiger partial charge is 0.244 e. The molecule has 1 aromatic heterocycles. The van der Waals surface area contributed by atoms with E-state index >= 15 is 0 Å². The standard InChI is InChI=1S/C7H3F3N2O2S/c8-7(9,10)15(13,14)6-2-1-5(3-11)12-4-6/h1-2,4H. The average Bonchev–Trinajstić information content (AvgIpc) is 2.16. The van der Waals surface area contributed by atoms with Gasteiger partial charge in [-0.15, -0.1) is 0 Å². The van der Waals surface area contributed by atoms with Crippen molar-refractivity contribution >= 4 is 9.84 Å². The Bertz CT molecular complexity index is 499. The van der Waals surface area contributed by atoms with E-state index in [9.17, 15) is 21.6 Å². The molecule has 0 radical (unpaired) electrons. The maximum absolute atomic E-state index is 12.0. The highest BCUT2D eigenvalue weighted by Gasteiger charge is 2.47. The van der Waals surface area contributed by atoms with Crippen molar-refractivity contribution in [1.82, 2.24) is 4.98 Å². The minimum absolute atomic E-state index is 0.156. The lowest BCUT2D eigenvalue weighted by molar-refractivity contribution is -0.0436. The van der Waals surface area contributed by atoms with Crippen molar-refractivity contribution < 1.29 is 21.6 Å². The third kappa shape index (κ3) is 2.07. The molecule has 1 aromatic rings. The summed E-state index contributed by atoms with van der Waals surface area (Å²) in [4.78, 5) is 2.26. The molecule has 1 heterocycles. The predicted octanol–water partition coefficient (Wildman–Crippen LogP) is 1.25. The number of hydrogen-bond acceptors (Lipinski definition) is 4. The van der Waals surface area contributed by atoms with Crippen LogP contribution in [0, 0.1) is 11.3 Å². The van der Waals surface area contributed by atoms with Crippen LogP contribution in [0.1, 0.15) is 5.69 Å². The molecule has 0 bridgehead atoms. The highest BCUT2D eigenvalue weighted by Crippen LogP contribution is 2.29. The molecule has 0 spiro atoms. The van der Waals surface area contributed by atoms with E-state index in [0.717, 1.165) is 6.07 Å². The van der Waals surface area contributed by atoms with Gasteiger partial charge < -0.3 is 0 Å². The second-order valence-corrected chi connectivity index (χ2v) is 4.38.